The first-order chi connectivity index (χ1) is 6.79. The lowest BCUT2D eigenvalue weighted by atomic mass is 9.97. The van der Waals surface area contributed by atoms with Crippen molar-refractivity contribution in [2.24, 2.45) is 11.8 Å². The van der Waals surface area contributed by atoms with E-state index in [0.717, 1.165) is 17.2 Å². The molecule has 1 aliphatic rings. The van der Waals surface area contributed by atoms with E-state index < -0.39 is 0 Å². The second kappa shape index (κ2) is 4.80. The maximum absolute atomic E-state index is 3.62. The van der Waals surface area contributed by atoms with Crippen molar-refractivity contribution in [3.8, 4) is 0 Å². The highest BCUT2D eigenvalue weighted by Gasteiger charge is 2.30. The molecule has 0 nitrogen and oxygen atoms in total. The lowest BCUT2D eigenvalue weighted by Gasteiger charge is -2.12. The highest BCUT2D eigenvalue weighted by atomic mass is 79.9. The van der Waals surface area contributed by atoms with Crippen LogP contribution in [0.25, 0.3) is 0 Å². The molecule has 0 heterocycles. The van der Waals surface area contributed by atoms with Gasteiger partial charge in [-0.05, 0) is 48.8 Å². The molecule has 2 rings (SSSR count). The Balaban J connectivity index is 2.01. The van der Waals surface area contributed by atoms with Gasteiger partial charge in [-0.25, -0.2) is 0 Å². The Bertz CT molecular complexity index is 305. The van der Waals surface area contributed by atoms with Crippen molar-refractivity contribution in [3.63, 3.8) is 0 Å². The highest BCUT2D eigenvalue weighted by molar-refractivity contribution is 9.10. The minimum absolute atomic E-state index is 0.837. The number of hydrogen-bond donors (Lipinski definition) is 0. The molecule has 1 saturated carbocycles. The summed E-state index contributed by atoms with van der Waals surface area (Å²) in [7, 11) is 0. The summed E-state index contributed by atoms with van der Waals surface area (Å²) in [5, 5.41) is 1.14. The van der Waals surface area contributed by atoms with Crippen LogP contribution in [0, 0.1) is 11.8 Å². The molecule has 0 N–H and O–H groups in total. The van der Waals surface area contributed by atoms with E-state index in [0.29, 0.717) is 0 Å². The van der Waals surface area contributed by atoms with Crippen LogP contribution < -0.4 is 0 Å². The van der Waals surface area contributed by atoms with Gasteiger partial charge in [-0.15, -0.1) is 0 Å². The second-order valence-corrected chi connectivity index (χ2v) is 5.65. The van der Waals surface area contributed by atoms with E-state index >= 15 is 0 Å². The zero-order valence-electron chi connectivity index (χ0n) is 8.05. The molecule has 14 heavy (non-hydrogen) atoms. The first-order valence-electron chi connectivity index (χ1n) is 5.10. The van der Waals surface area contributed by atoms with Crippen molar-refractivity contribution in [1.29, 1.82) is 0 Å². The first-order valence-corrected chi connectivity index (χ1v) is 7.01. The van der Waals surface area contributed by atoms with E-state index in [1.807, 2.05) is 0 Å². The van der Waals surface area contributed by atoms with Crippen LogP contribution in [0.3, 0.4) is 0 Å². The molecule has 1 atom stereocenters. The average molecular weight is 318 g/mol. The van der Waals surface area contributed by atoms with Gasteiger partial charge < -0.3 is 0 Å². The molecule has 2 heteroatoms. The van der Waals surface area contributed by atoms with Crippen LogP contribution in [0.15, 0.2) is 28.7 Å². The summed E-state index contributed by atoms with van der Waals surface area (Å²) in [6, 6.07) is 8.67. The summed E-state index contributed by atoms with van der Waals surface area (Å²) in [5.74, 6) is 1.82. The number of hydrogen-bond acceptors (Lipinski definition) is 0. The van der Waals surface area contributed by atoms with Crippen molar-refractivity contribution in [3.05, 3.63) is 34.3 Å². The molecule has 0 saturated heterocycles. The van der Waals surface area contributed by atoms with Crippen LogP contribution in [-0.4, -0.2) is 5.33 Å². The van der Waals surface area contributed by atoms with Crippen molar-refractivity contribution in [1.82, 2.24) is 0 Å². The van der Waals surface area contributed by atoms with Gasteiger partial charge in [0.1, 0.15) is 0 Å². The van der Waals surface area contributed by atoms with Gasteiger partial charge in [0.05, 0.1) is 0 Å². The van der Waals surface area contributed by atoms with Gasteiger partial charge in [0, 0.05) is 9.80 Å². The normalized spacial score (nSPS) is 18.1. The van der Waals surface area contributed by atoms with Crippen molar-refractivity contribution in [2.45, 2.75) is 19.3 Å². The van der Waals surface area contributed by atoms with Gasteiger partial charge in [0.15, 0.2) is 0 Å². The zero-order chi connectivity index (χ0) is 9.97. The summed E-state index contributed by atoms with van der Waals surface area (Å²) in [6.45, 7) is 0. The predicted octanol–water partition coefficient (Wildman–Crippen LogP) is 4.41. The molecule has 0 aromatic heterocycles. The Labute approximate surface area is 102 Å². The van der Waals surface area contributed by atoms with Crippen molar-refractivity contribution in [2.75, 3.05) is 5.33 Å². The topological polar surface area (TPSA) is 0 Å². The van der Waals surface area contributed by atoms with Gasteiger partial charge in [0.2, 0.25) is 0 Å². The third kappa shape index (κ3) is 2.83. The van der Waals surface area contributed by atoms with Gasteiger partial charge in [-0.2, -0.15) is 0 Å². The van der Waals surface area contributed by atoms with Crippen LogP contribution in [0.2, 0.25) is 0 Å². The summed E-state index contributed by atoms with van der Waals surface area (Å²) in [6.07, 6.45) is 4.09. The lowest BCUT2D eigenvalue weighted by Crippen LogP contribution is -2.08. The molecule has 0 amide bonds. The van der Waals surface area contributed by atoms with Crippen LogP contribution in [0.1, 0.15) is 18.4 Å². The third-order valence-corrected chi connectivity index (χ3v) is 4.20. The Kier molecular flexibility index (Phi) is 3.67. The molecule has 1 unspecified atom stereocenters. The molecule has 0 aliphatic heterocycles. The number of halogens is 2. The fourth-order valence-electron chi connectivity index (χ4n) is 1.88. The zero-order valence-corrected chi connectivity index (χ0v) is 11.2. The number of alkyl halides is 1. The SMILES string of the molecule is BrCC(Cc1cccc(Br)c1)C1CC1. The van der Waals surface area contributed by atoms with E-state index in [4.69, 9.17) is 0 Å². The van der Waals surface area contributed by atoms with E-state index in [1.165, 1.54) is 29.3 Å². The monoisotopic (exact) mass is 316 g/mol. The molecule has 1 fully saturated rings. The fraction of sp³-hybridized carbons (Fsp3) is 0.500. The molecular weight excluding hydrogens is 304 g/mol. The molecule has 76 valence electrons. The molecule has 0 radical (unpaired) electrons. The van der Waals surface area contributed by atoms with Gasteiger partial charge in [0.25, 0.3) is 0 Å². The van der Waals surface area contributed by atoms with Crippen molar-refractivity contribution >= 4 is 31.9 Å². The van der Waals surface area contributed by atoms with Crippen LogP contribution in [0.5, 0.6) is 0 Å². The molecular formula is C12H14Br2. The largest absolute Gasteiger partial charge is 0.0925 e. The van der Waals surface area contributed by atoms with Gasteiger partial charge >= 0.3 is 0 Å². The highest BCUT2D eigenvalue weighted by Crippen LogP contribution is 2.39. The molecule has 0 bridgehead atoms. The van der Waals surface area contributed by atoms with E-state index in [1.54, 1.807) is 0 Å². The number of benzene rings is 1. The Morgan fingerprint density at radius 2 is 2.14 bits per heavy atom. The Morgan fingerprint density at radius 3 is 2.71 bits per heavy atom. The second-order valence-electron chi connectivity index (χ2n) is 4.09. The quantitative estimate of drug-likeness (QED) is 0.721. The maximum atomic E-state index is 3.62. The Morgan fingerprint density at radius 1 is 1.36 bits per heavy atom. The lowest BCUT2D eigenvalue weighted by molar-refractivity contribution is 0.519. The summed E-state index contributed by atoms with van der Waals surface area (Å²) in [5.41, 5.74) is 1.45. The minimum Gasteiger partial charge on any atom is -0.0925 e. The first kappa shape index (κ1) is 10.7. The number of rotatable bonds is 4. The van der Waals surface area contributed by atoms with Gasteiger partial charge in [-0.1, -0.05) is 44.0 Å². The van der Waals surface area contributed by atoms with Crippen LogP contribution in [0.4, 0.5) is 0 Å². The molecule has 1 aromatic carbocycles. The predicted molar refractivity (Wildman–Crippen MR) is 67.9 cm³/mol. The summed E-state index contributed by atoms with van der Waals surface area (Å²) < 4.78 is 1.19. The Hall–Kier alpha value is 0.180. The standard InChI is InChI=1S/C12H14Br2/c13-8-11(10-4-5-10)6-9-2-1-3-12(14)7-9/h1-3,7,10-11H,4-6,8H2. The third-order valence-electron chi connectivity index (χ3n) is 2.87. The van der Waals surface area contributed by atoms with Crippen molar-refractivity contribution < 1.29 is 0 Å². The van der Waals surface area contributed by atoms with Crippen LogP contribution >= 0.6 is 31.9 Å². The minimum atomic E-state index is 0.837. The fourth-order valence-corrected chi connectivity index (χ4v) is 3.09. The summed E-state index contributed by atoms with van der Waals surface area (Å²) >= 11 is 7.14. The maximum Gasteiger partial charge on any atom is 0.0177 e. The van der Waals surface area contributed by atoms with Gasteiger partial charge in [-0.3, -0.25) is 0 Å². The average Bonchev–Trinajstić information content (AvgIpc) is 2.97. The van der Waals surface area contributed by atoms with E-state index in [9.17, 15) is 0 Å². The summed E-state index contributed by atoms with van der Waals surface area (Å²) in [4.78, 5) is 0. The van der Waals surface area contributed by atoms with Crippen LogP contribution in [-0.2, 0) is 6.42 Å². The van der Waals surface area contributed by atoms with E-state index in [-0.39, 0.29) is 0 Å². The molecule has 0 spiro atoms. The molecule has 1 aromatic rings. The van der Waals surface area contributed by atoms with E-state index in [2.05, 4.69) is 56.1 Å². The smallest absolute Gasteiger partial charge is 0.0177 e. The molecule has 1 aliphatic carbocycles.